The fourth-order valence-electron chi connectivity index (χ4n) is 3.05. The van der Waals surface area contributed by atoms with Gasteiger partial charge in [0.15, 0.2) is 5.43 Å². The lowest BCUT2D eigenvalue weighted by molar-refractivity contribution is -0.137. The second kappa shape index (κ2) is 9.73. The second-order valence-corrected chi connectivity index (χ2v) is 6.54. The molecule has 5 heteroatoms. The maximum absolute atomic E-state index is 12.6. The SMILES string of the molecule is CCCc1c(OCc2ccccc2)ccc2c(=O)cc(C=CC(=O)OCC)oc12. The van der Waals surface area contributed by atoms with E-state index < -0.39 is 5.97 Å². The van der Waals surface area contributed by atoms with Crippen LogP contribution in [0.15, 0.2) is 63.8 Å². The van der Waals surface area contributed by atoms with Crippen molar-refractivity contribution in [1.82, 2.24) is 0 Å². The van der Waals surface area contributed by atoms with Crippen molar-refractivity contribution in [2.45, 2.75) is 33.3 Å². The highest BCUT2D eigenvalue weighted by atomic mass is 16.5. The Kier molecular flexibility index (Phi) is 6.85. The van der Waals surface area contributed by atoms with Crippen molar-refractivity contribution in [3.63, 3.8) is 0 Å². The van der Waals surface area contributed by atoms with Crippen molar-refractivity contribution < 1.29 is 18.7 Å². The van der Waals surface area contributed by atoms with E-state index in [1.54, 1.807) is 13.0 Å². The van der Waals surface area contributed by atoms with Crippen LogP contribution in [0, 0.1) is 0 Å². The number of fused-ring (bicyclic) bond motifs is 1. The maximum atomic E-state index is 12.6. The molecule has 0 aliphatic rings. The van der Waals surface area contributed by atoms with Gasteiger partial charge in [-0.15, -0.1) is 0 Å². The smallest absolute Gasteiger partial charge is 0.330 e. The highest BCUT2D eigenvalue weighted by Crippen LogP contribution is 2.29. The molecule has 0 radical (unpaired) electrons. The molecule has 3 rings (SSSR count). The fraction of sp³-hybridized carbons (Fsp3) is 0.250. The van der Waals surface area contributed by atoms with Gasteiger partial charge < -0.3 is 13.9 Å². The van der Waals surface area contributed by atoms with Crippen LogP contribution < -0.4 is 10.2 Å². The number of aryl methyl sites for hydroxylation is 1. The maximum Gasteiger partial charge on any atom is 0.330 e. The van der Waals surface area contributed by atoms with Crippen LogP contribution in [0.4, 0.5) is 0 Å². The van der Waals surface area contributed by atoms with Gasteiger partial charge in [0.05, 0.1) is 12.0 Å². The van der Waals surface area contributed by atoms with E-state index in [-0.39, 0.29) is 12.0 Å². The molecule has 0 aliphatic carbocycles. The Hall–Kier alpha value is -3.34. The number of carbonyl (C=O) groups is 1. The Balaban J connectivity index is 1.99. The van der Waals surface area contributed by atoms with Gasteiger partial charge in [0.2, 0.25) is 0 Å². The van der Waals surface area contributed by atoms with E-state index in [4.69, 9.17) is 13.9 Å². The molecule has 0 unspecified atom stereocenters. The molecular formula is C24H24O5. The molecule has 3 aromatic rings. The quantitative estimate of drug-likeness (QED) is 0.403. The number of ether oxygens (including phenoxy) is 2. The Labute approximate surface area is 169 Å². The van der Waals surface area contributed by atoms with Crippen LogP contribution in [0.5, 0.6) is 5.75 Å². The van der Waals surface area contributed by atoms with Gasteiger partial charge in [0.1, 0.15) is 23.7 Å². The minimum atomic E-state index is -0.482. The van der Waals surface area contributed by atoms with E-state index >= 15 is 0 Å². The summed E-state index contributed by atoms with van der Waals surface area (Å²) in [5.41, 5.74) is 2.24. The standard InChI is InChI=1S/C24H24O5/c1-3-8-20-22(28-16-17-9-6-5-7-10-17)13-12-19-21(25)15-18(29-24(19)20)11-14-23(26)27-4-2/h5-7,9-15H,3-4,8,16H2,1-2H3. The van der Waals surface area contributed by atoms with Crippen molar-refractivity contribution in [3.05, 3.63) is 81.7 Å². The van der Waals surface area contributed by atoms with Crippen LogP contribution in [0.3, 0.4) is 0 Å². The van der Waals surface area contributed by atoms with E-state index in [1.807, 2.05) is 36.4 Å². The van der Waals surface area contributed by atoms with Crippen molar-refractivity contribution in [1.29, 1.82) is 0 Å². The van der Waals surface area contributed by atoms with Crippen molar-refractivity contribution >= 4 is 23.0 Å². The number of esters is 1. The fourth-order valence-corrected chi connectivity index (χ4v) is 3.05. The van der Waals surface area contributed by atoms with Crippen LogP contribution in [0.2, 0.25) is 0 Å². The van der Waals surface area contributed by atoms with E-state index in [1.165, 1.54) is 18.2 Å². The van der Waals surface area contributed by atoms with Crippen LogP contribution in [0.25, 0.3) is 17.0 Å². The van der Waals surface area contributed by atoms with E-state index in [2.05, 4.69) is 6.92 Å². The summed E-state index contributed by atoms with van der Waals surface area (Å²) in [5.74, 6) is 0.509. The Bertz CT molecular complexity index is 1060. The molecule has 29 heavy (non-hydrogen) atoms. The van der Waals surface area contributed by atoms with Gasteiger partial charge in [-0.05, 0) is 37.1 Å². The Morgan fingerprint density at radius 1 is 1.10 bits per heavy atom. The normalized spacial score (nSPS) is 11.1. The number of carbonyl (C=O) groups excluding carboxylic acids is 1. The molecule has 2 aromatic carbocycles. The van der Waals surface area contributed by atoms with Gasteiger partial charge in [-0.1, -0.05) is 43.7 Å². The first kappa shape index (κ1) is 20.4. The van der Waals surface area contributed by atoms with Crippen LogP contribution >= 0.6 is 0 Å². The molecule has 0 spiro atoms. The van der Waals surface area contributed by atoms with Gasteiger partial charge in [0.25, 0.3) is 0 Å². The van der Waals surface area contributed by atoms with Crippen LogP contribution in [-0.2, 0) is 22.6 Å². The summed E-state index contributed by atoms with van der Waals surface area (Å²) in [7, 11) is 0. The van der Waals surface area contributed by atoms with Crippen molar-refractivity contribution in [2.24, 2.45) is 0 Å². The van der Waals surface area contributed by atoms with Crippen LogP contribution in [0.1, 0.15) is 37.2 Å². The first-order valence-corrected chi connectivity index (χ1v) is 9.73. The zero-order valence-corrected chi connectivity index (χ0v) is 16.6. The summed E-state index contributed by atoms with van der Waals surface area (Å²) in [6.45, 7) is 4.50. The summed E-state index contributed by atoms with van der Waals surface area (Å²) < 4.78 is 16.9. The molecule has 0 amide bonds. The van der Waals surface area contributed by atoms with Gasteiger partial charge in [-0.2, -0.15) is 0 Å². The molecule has 0 saturated heterocycles. The average Bonchev–Trinajstić information content (AvgIpc) is 2.73. The zero-order chi connectivity index (χ0) is 20.6. The second-order valence-electron chi connectivity index (χ2n) is 6.54. The Morgan fingerprint density at radius 3 is 2.62 bits per heavy atom. The molecule has 0 atom stereocenters. The summed E-state index contributed by atoms with van der Waals surface area (Å²) in [5, 5.41) is 0.494. The molecule has 0 saturated carbocycles. The summed E-state index contributed by atoms with van der Waals surface area (Å²) in [6.07, 6.45) is 4.28. The molecule has 5 nitrogen and oxygen atoms in total. The van der Waals surface area contributed by atoms with Crippen molar-refractivity contribution in [3.8, 4) is 5.75 Å². The molecular weight excluding hydrogens is 368 g/mol. The molecule has 150 valence electrons. The summed E-state index contributed by atoms with van der Waals surface area (Å²) in [4.78, 5) is 24.1. The lowest BCUT2D eigenvalue weighted by Gasteiger charge is -2.13. The third kappa shape index (κ3) is 5.13. The van der Waals surface area contributed by atoms with Crippen molar-refractivity contribution in [2.75, 3.05) is 6.61 Å². The van der Waals surface area contributed by atoms with Gasteiger partial charge in [-0.3, -0.25) is 4.79 Å². The summed E-state index contributed by atoms with van der Waals surface area (Å²) in [6, 6.07) is 14.8. The lowest BCUT2D eigenvalue weighted by Crippen LogP contribution is -2.05. The first-order valence-electron chi connectivity index (χ1n) is 9.73. The first-order chi connectivity index (χ1) is 14.1. The molecule has 1 aromatic heterocycles. The van der Waals surface area contributed by atoms with Gasteiger partial charge in [-0.25, -0.2) is 4.79 Å². The number of rotatable bonds is 8. The highest BCUT2D eigenvalue weighted by Gasteiger charge is 2.14. The molecule has 0 aliphatic heterocycles. The molecule has 1 heterocycles. The number of hydrogen-bond donors (Lipinski definition) is 0. The van der Waals surface area contributed by atoms with Gasteiger partial charge >= 0.3 is 5.97 Å². The molecule has 0 N–H and O–H groups in total. The highest BCUT2D eigenvalue weighted by molar-refractivity contribution is 5.87. The predicted molar refractivity (Wildman–Crippen MR) is 113 cm³/mol. The van der Waals surface area contributed by atoms with E-state index in [0.29, 0.717) is 35.5 Å². The number of benzene rings is 2. The lowest BCUT2D eigenvalue weighted by atomic mass is 10.0. The largest absolute Gasteiger partial charge is 0.488 e. The minimum Gasteiger partial charge on any atom is -0.488 e. The minimum absolute atomic E-state index is 0.165. The zero-order valence-electron chi connectivity index (χ0n) is 16.6. The Morgan fingerprint density at radius 2 is 1.90 bits per heavy atom. The van der Waals surface area contributed by atoms with Gasteiger partial charge in [0, 0.05) is 17.7 Å². The third-order valence-electron chi connectivity index (χ3n) is 4.38. The third-order valence-corrected chi connectivity index (χ3v) is 4.38. The van der Waals surface area contributed by atoms with E-state index in [0.717, 1.165) is 17.5 Å². The monoisotopic (exact) mass is 392 g/mol. The van der Waals surface area contributed by atoms with Crippen LogP contribution in [-0.4, -0.2) is 12.6 Å². The topological polar surface area (TPSA) is 65.7 Å². The molecule has 0 fully saturated rings. The predicted octanol–water partition coefficient (Wildman–Crippen LogP) is 4.90. The molecule has 0 bridgehead atoms. The average molecular weight is 392 g/mol. The summed E-state index contributed by atoms with van der Waals surface area (Å²) >= 11 is 0. The number of hydrogen-bond acceptors (Lipinski definition) is 5. The van der Waals surface area contributed by atoms with E-state index in [9.17, 15) is 9.59 Å².